The molecule has 0 bridgehead atoms. The van der Waals surface area contributed by atoms with Crippen LogP contribution >= 0.6 is 0 Å². The fourth-order valence-electron chi connectivity index (χ4n) is 2.20. The summed E-state index contributed by atoms with van der Waals surface area (Å²) < 4.78 is 0. The molecule has 1 aromatic carbocycles. The van der Waals surface area contributed by atoms with Crippen molar-refractivity contribution in [1.82, 2.24) is 16.0 Å². The summed E-state index contributed by atoms with van der Waals surface area (Å²) in [6, 6.07) is 6.73. The number of rotatable bonds is 7. The van der Waals surface area contributed by atoms with Gasteiger partial charge in [0.1, 0.15) is 6.04 Å². The summed E-state index contributed by atoms with van der Waals surface area (Å²) in [6.07, 6.45) is 0. The zero-order valence-corrected chi connectivity index (χ0v) is 16.6. The third-order valence-corrected chi connectivity index (χ3v) is 4.00. The van der Waals surface area contributed by atoms with Crippen molar-refractivity contribution < 1.29 is 14.4 Å². The first-order valence-electron chi connectivity index (χ1n) is 8.99. The van der Waals surface area contributed by atoms with Gasteiger partial charge in [0.15, 0.2) is 0 Å². The minimum atomic E-state index is -0.661. The number of hydrogen-bond acceptors (Lipinski definition) is 3. The Hall–Kier alpha value is -2.37. The largest absolute Gasteiger partial charge is 0.354 e. The Bertz CT molecular complexity index is 631. The van der Waals surface area contributed by atoms with E-state index in [9.17, 15) is 14.4 Å². The lowest BCUT2D eigenvalue weighted by Gasteiger charge is -2.19. The monoisotopic (exact) mass is 361 g/mol. The lowest BCUT2D eigenvalue weighted by atomic mass is 9.86. The van der Waals surface area contributed by atoms with Gasteiger partial charge in [0.2, 0.25) is 11.8 Å². The van der Waals surface area contributed by atoms with Gasteiger partial charge in [0, 0.05) is 24.6 Å². The molecular formula is C20H31N3O3. The highest BCUT2D eigenvalue weighted by atomic mass is 16.2. The fourth-order valence-corrected chi connectivity index (χ4v) is 2.20. The van der Waals surface area contributed by atoms with Gasteiger partial charge < -0.3 is 16.0 Å². The Morgan fingerprint density at radius 3 is 1.85 bits per heavy atom. The highest BCUT2D eigenvalue weighted by molar-refractivity contribution is 5.97. The van der Waals surface area contributed by atoms with E-state index in [0.717, 1.165) is 5.56 Å². The van der Waals surface area contributed by atoms with Gasteiger partial charge in [-0.25, -0.2) is 0 Å². The topological polar surface area (TPSA) is 87.3 Å². The van der Waals surface area contributed by atoms with E-state index >= 15 is 0 Å². The summed E-state index contributed by atoms with van der Waals surface area (Å²) in [4.78, 5) is 35.7. The van der Waals surface area contributed by atoms with Gasteiger partial charge in [-0.1, -0.05) is 46.8 Å². The van der Waals surface area contributed by atoms with Crippen LogP contribution in [0.2, 0.25) is 0 Å². The normalized spacial score (nSPS) is 12.4. The molecule has 6 heteroatoms. The van der Waals surface area contributed by atoms with Crippen LogP contribution < -0.4 is 16.0 Å². The molecule has 3 N–H and O–H groups in total. The van der Waals surface area contributed by atoms with E-state index in [2.05, 4.69) is 36.7 Å². The third kappa shape index (κ3) is 6.86. The summed E-state index contributed by atoms with van der Waals surface area (Å²) in [5.41, 5.74) is 1.68. The average molecular weight is 361 g/mol. The highest BCUT2D eigenvalue weighted by Crippen LogP contribution is 2.22. The van der Waals surface area contributed by atoms with E-state index in [1.165, 1.54) is 0 Å². The second-order valence-electron chi connectivity index (χ2n) is 7.76. The van der Waals surface area contributed by atoms with Crippen molar-refractivity contribution in [3.05, 3.63) is 35.4 Å². The molecule has 0 aliphatic rings. The third-order valence-electron chi connectivity index (χ3n) is 4.00. The first-order chi connectivity index (χ1) is 12.0. The molecule has 0 saturated carbocycles. The van der Waals surface area contributed by atoms with Crippen molar-refractivity contribution in [3.63, 3.8) is 0 Å². The molecule has 144 valence electrons. The van der Waals surface area contributed by atoms with E-state index < -0.39 is 6.04 Å². The van der Waals surface area contributed by atoms with E-state index in [-0.39, 0.29) is 29.1 Å². The first-order valence-corrected chi connectivity index (χ1v) is 8.99. The van der Waals surface area contributed by atoms with Crippen LogP contribution in [0.1, 0.15) is 57.5 Å². The Kier molecular flexibility index (Phi) is 7.80. The molecule has 0 aliphatic heterocycles. The molecule has 0 fully saturated rings. The van der Waals surface area contributed by atoms with E-state index in [1.807, 2.05) is 12.1 Å². The molecule has 1 atom stereocenters. The molecule has 6 nitrogen and oxygen atoms in total. The Balaban J connectivity index is 2.46. The van der Waals surface area contributed by atoms with Crippen LogP contribution in [0.3, 0.4) is 0 Å². The van der Waals surface area contributed by atoms with Crippen LogP contribution in [-0.4, -0.2) is 36.9 Å². The Labute approximate surface area is 156 Å². The fraction of sp³-hybridized carbons (Fsp3) is 0.550. The van der Waals surface area contributed by atoms with Crippen LogP contribution in [0.25, 0.3) is 0 Å². The molecule has 0 aromatic heterocycles. The van der Waals surface area contributed by atoms with Gasteiger partial charge in [0.05, 0.1) is 0 Å². The molecule has 1 aromatic rings. The van der Waals surface area contributed by atoms with Crippen LogP contribution in [0, 0.1) is 5.92 Å². The summed E-state index contributed by atoms with van der Waals surface area (Å²) in [5.74, 6) is -0.724. The molecule has 3 amide bonds. The Morgan fingerprint density at radius 2 is 1.38 bits per heavy atom. The number of carbonyl (C=O) groups is 3. The van der Waals surface area contributed by atoms with Crippen molar-refractivity contribution in [3.8, 4) is 0 Å². The summed E-state index contributed by atoms with van der Waals surface area (Å²) in [6.45, 7) is 12.2. The summed E-state index contributed by atoms with van der Waals surface area (Å²) in [7, 11) is 0. The molecule has 0 spiro atoms. The zero-order valence-electron chi connectivity index (χ0n) is 16.6. The lowest BCUT2D eigenvalue weighted by molar-refractivity contribution is -0.125. The standard InChI is InChI=1S/C20H31N3O3/c1-13(2)17(24)21-11-12-22-18(25)14(3)23-19(26)15-7-9-16(10-8-15)20(4,5)6/h7-10,13-14H,11-12H2,1-6H3,(H,21,24)(H,22,25)(H,23,26). The number of nitrogens with one attached hydrogen (secondary N) is 3. The van der Waals surface area contributed by atoms with Crippen molar-refractivity contribution in [2.24, 2.45) is 5.92 Å². The molecule has 26 heavy (non-hydrogen) atoms. The second kappa shape index (κ2) is 9.36. The van der Waals surface area contributed by atoms with Crippen molar-refractivity contribution >= 4 is 17.7 Å². The van der Waals surface area contributed by atoms with Crippen LogP contribution in [0.15, 0.2) is 24.3 Å². The minimum absolute atomic E-state index is 0.0210. The van der Waals surface area contributed by atoms with E-state index in [1.54, 1.807) is 32.9 Å². The predicted molar refractivity (Wildman–Crippen MR) is 103 cm³/mol. The van der Waals surface area contributed by atoms with Gasteiger partial charge in [-0.3, -0.25) is 14.4 Å². The van der Waals surface area contributed by atoms with Crippen molar-refractivity contribution in [2.45, 2.75) is 53.0 Å². The smallest absolute Gasteiger partial charge is 0.251 e. The molecule has 1 unspecified atom stereocenters. The van der Waals surface area contributed by atoms with E-state index in [0.29, 0.717) is 18.7 Å². The SMILES string of the molecule is CC(C)C(=O)NCCNC(=O)C(C)NC(=O)c1ccc(C(C)(C)C)cc1. The average Bonchev–Trinajstić information content (AvgIpc) is 2.57. The lowest BCUT2D eigenvalue weighted by Crippen LogP contribution is -2.46. The minimum Gasteiger partial charge on any atom is -0.354 e. The maximum atomic E-state index is 12.3. The van der Waals surface area contributed by atoms with Crippen LogP contribution in [-0.2, 0) is 15.0 Å². The molecule has 0 saturated heterocycles. The zero-order chi connectivity index (χ0) is 19.9. The molecule has 0 radical (unpaired) electrons. The highest BCUT2D eigenvalue weighted by Gasteiger charge is 2.18. The molecule has 0 aliphatic carbocycles. The number of carbonyl (C=O) groups excluding carboxylic acids is 3. The maximum absolute atomic E-state index is 12.3. The molecule has 1 rings (SSSR count). The first kappa shape index (κ1) is 21.7. The van der Waals surface area contributed by atoms with Gasteiger partial charge in [-0.2, -0.15) is 0 Å². The summed E-state index contributed by atoms with van der Waals surface area (Å²) >= 11 is 0. The second-order valence-corrected chi connectivity index (χ2v) is 7.76. The summed E-state index contributed by atoms with van der Waals surface area (Å²) in [5, 5.41) is 8.10. The Morgan fingerprint density at radius 1 is 0.885 bits per heavy atom. The van der Waals surface area contributed by atoms with Crippen molar-refractivity contribution in [2.75, 3.05) is 13.1 Å². The van der Waals surface area contributed by atoms with Gasteiger partial charge in [-0.15, -0.1) is 0 Å². The number of hydrogen-bond donors (Lipinski definition) is 3. The van der Waals surface area contributed by atoms with Gasteiger partial charge >= 0.3 is 0 Å². The quantitative estimate of drug-likeness (QED) is 0.649. The molecular weight excluding hydrogens is 330 g/mol. The van der Waals surface area contributed by atoms with Gasteiger partial charge in [-0.05, 0) is 30.0 Å². The van der Waals surface area contributed by atoms with Crippen LogP contribution in [0.4, 0.5) is 0 Å². The predicted octanol–water partition coefficient (Wildman–Crippen LogP) is 1.99. The van der Waals surface area contributed by atoms with Crippen molar-refractivity contribution in [1.29, 1.82) is 0 Å². The van der Waals surface area contributed by atoms with Crippen LogP contribution in [0.5, 0.6) is 0 Å². The van der Waals surface area contributed by atoms with Gasteiger partial charge in [0.25, 0.3) is 5.91 Å². The van der Waals surface area contributed by atoms with E-state index in [4.69, 9.17) is 0 Å². The molecule has 0 heterocycles. The maximum Gasteiger partial charge on any atom is 0.251 e. The number of amides is 3. The number of benzene rings is 1.